The van der Waals surface area contributed by atoms with Gasteiger partial charge in [0.15, 0.2) is 5.82 Å². The average Bonchev–Trinajstić information content (AvgIpc) is 2.71. The van der Waals surface area contributed by atoms with Crippen molar-refractivity contribution in [3.63, 3.8) is 0 Å². The highest BCUT2D eigenvalue weighted by molar-refractivity contribution is 5.88. The number of halogens is 2. The van der Waals surface area contributed by atoms with E-state index in [-0.39, 0.29) is 30.4 Å². The van der Waals surface area contributed by atoms with Gasteiger partial charge < -0.3 is 10.1 Å². The van der Waals surface area contributed by atoms with Crippen molar-refractivity contribution in [3.05, 3.63) is 36.3 Å². The second kappa shape index (κ2) is 6.09. The average molecular weight is 262 g/mol. The molecule has 0 spiro atoms. The van der Waals surface area contributed by atoms with Crippen LogP contribution in [0, 0.1) is 0 Å². The van der Waals surface area contributed by atoms with E-state index < -0.39 is 5.97 Å². The quantitative estimate of drug-likeness (QED) is 0.867. The van der Waals surface area contributed by atoms with Gasteiger partial charge in [0.05, 0.1) is 5.56 Å². The zero-order valence-corrected chi connectivity index (χ0v) is 9.59. The van der Waals surface area contributed by atoms with Crippen LogP contribution in [0.15, 0.2) is 30.7 Å². The van der Waals surface area contributed by atoms with Gasteiger partial charge in [0.25, 0.3) is 0 Å². The number of nitrogens with zero attached hydrogens (tertiary/aromatic N) is 2. The summed E-state index contributed by atoms with van der Waals surface area (Å²) in [6.07, 6.45) is 4.69. The molecule has 0 atom stereocenters. The van der Waals surface area contributed by atoms with Gasteiger partial charge in [0, 0.05) is 18.6 Å². The summed E-state index contributed by atoms with van der Waals surface area (Å²) in [5.74, 6) is -0.409. The minimum absolute atomic E-state index is 0. The number of hydrogen-bond acceptors (Lipinski definition) is 3. The van der Waals surface area contributed by atoms with Crippen molar-refractivity contribution < 1.29 is 9.90 Å². The number of carboxylic acid groups (broad SMARTS) is 1. The summed E-state index contributed by atoms with van der Waals surface area (Å²) in [7, 11) is 0. The minimum atomic E-state index is -0.972. The third-order valence-electron chi connectivity index (χ3n) is 1.75. The number of aromatic carboxylic acids is 1. The molecule has 2 aromatic heterocycles. The first-order chi connectivity index (χ1) is 6.77. The number of pyridine rings is 1. The molecule has 0 saturated heterocycles. The molecule has 2 N–H and O–H groups in total. The lowest BCUT2D eigenvalue weighted by Gasteiger charge is -1.97. The van der Waals surface area contributed by atoms with E-state index in [0.717, 1.165) is 0 Å². The van der Waals surface area contributed by atoms with E-state index in [2.05, 4.69) is 15.0 Å². The Labute approximate surface area is 104 Å². The second-order valence-corrected chi connectivity index (χ2v) is 2.67. The maximum Gasteiger partial charge on any atom is 0.335 e. The van der Waals surface area contributed by atoms with E-state index in [1.54, 1.807) is 12.4 Å². The molecule has 0 aliphatic rings. The van der Waals surface area contributed by atoms with Crippen molar-refractivity contribution in [1.29, 1.82) is 0 Å². The predicted molar refractivity (Wildman–Crippen MR) is 63.3 cm³/mol. The largest absolute Gasteiger partial charge is 0.478 e. The molecule has 0 aliphatic heterocycles. The van der Waals surface area contributed by atoms with Crippen LogP contribution in [0.3, 0.4) is 0 Å². The van der Waals surface area contributed by atoms with Crippen molar-refractivity contribution in [2.75, 3.05) is 0 Å². The van der Waals surface area contributed by atoms with Gasteiger partial charge in [-0.05, 0) is 12.1 Å². The van der Waals surface area contributed by atoms with Crippen LogP contribution in [-0.4, -0.2) is 26.0 Å². The van der Waals surface area contributed by atoms with E-state index in [0.29, 0.717) is 11.5 Å². The highest BCUT2D eigenvalue weighted by Gasteiger charge is 2.06. The number of carboxylic acids is 1. The van der Waals surface area contributed by atoms with Crippen LogP contribution in [0.5, 0.6) is 0 Å². The number of imidazole rings is 1. The number of hydrogen-bond donors (Lipinski definition) is 2. The van der Waals surface area contributed by atoms with Gasteiger partial charge in [-0.3, -0.25) is 4.98 Å². The van der Waals surface area contributed by atoms with Gasteiger partial charge in [0.1, 0.15) is 5.69 Å². The van der Waals surface area contributed by atoms with Gasteiger partial charge in [-0.2, -0.15) is 0 Å². The van der Waals surface area contributed by atoms with Crippen molar-refractivity contribution in [2.45, 2.75) is 0 Å². The molecular weight excluding hydrogens is 253 g/mol. The topological polar surface area (TPSA) is 78.9 Å². The van der Waals surface area contributed by atoms with Crippen molar-refractivity contribution in [3.8, 4) is 11.5 Å². The van der Waals surface area contributed by atoms with Gasteiger partial charge in [-0.1, -0.05) is 0 Å². The van der Waals surface area contributed by atoms with E-state index in [1.807, 2.05) is 0 Å². The summed E-state index contributed by atoms with van der Waals surface area (Å²) in [6, 6.07) is 2.91. The molecule has 0 aliphatic carbocycles. The van der Waals surface area contributed by atoms with Crippen LogP contribution in [0.2, 0.25) is 0 Å². The van der Waals surface area contributed by atoms with Gasteiger partial charge in [-0.15, -0.1) is 24.8 Å². The van der Waals surface area contributed by atoms with Crippen LogP contribution in [0.25, 0.3) is 11.5 Å². The number of rotatable bonds is 2. The Balaban J connectivity index is 0.00000112. The summed E-state index contributed by atoms with van der Waals surface area (Å²) in [5, 5.41) is 8.75. The summed E-state index contributed by atoms with van der Waals surface area (Å²) >= 11 is 0. The van der Waals surface area contributed by atoms with Crippen LogP contribution >= 0.6 is 24.8 Å². The van der Waals surface area contributed by atoms with E-state index >= 15 is 0 Å². The highest BCUT2D eigenvalue weighted by atomic mass is 35.5. The minimum Gasteiger partial charge on any atom is -0.478 e. The van der Waals surface area contributed by atoms with Crippen LogP contribution < -0.4 is 0 Å². The number of H-pyrrole nitrogens is 1. The lowest BCUT2D eigenvalue weighted by Crippen LogP contribution is -1.97. The maximum atomic E-state index is 10.7. The molecule has 0 radical (unpaired) electrons. The standard InChI is InChI=1S/C9H7N3O2.2ClH/c13-9(14)6-1-2-10-7(5-6)8-11-3-4-12-8;;/h1-5H,(H,11,12)(H,13,14);2*1H. The number of nitrogens with one attached hydrogen (secondary N) is 1. The fourth-order valence-corrected chi connectivity index (χ4v) is 1.10. The second-order valence-electron chi connectivity index (χ2n) is 2.67. The van der Waals surface area contributed by atoms with Gasteiger partial charge >= 0.3 is 5.97 Å². The van der Waals surface area contributed by atoms with Gasteiger partial charge in [-0.25, -0.2) is 9.78 Å². The van der Waals surface area contributed by atoms with Crippen molar-refractivity contribution in [1.82, 2.24) is 15.0 Å². The van der Waals surface area contributed by atoms with Crippen LogP contribution in [0.1, 0.15) is 10.4 Å². The highest BCUT2D eigenvalue weighted by Crippen LogP contribution is 2.12. The number of aromatic amines is 1. The smallest absolute Gasteiger partial charge is 0.335 e. The van der Waals surface area contributed by atoms with Crippen molar-refractivity contribution in [2.24, 2.45) is 0 Å². The Morgan fingerprint density at radius 1 is 1.25 bits per heavy atom. The zero-order chi connectivity index (χ0) is 9.97. The predicted octanol–water partition coefficient (Wildman–Crippen LogP) is 2.01. The molecule has 2 aromatic rings. The molecule has 2 heterocycles. The molecule has 0 bridgehead atoms. The van der Waals surface area contributed by atoms with Crippen LogP contribution in [-0.2, 0) is 0 Å². The molecule has 0 aromatic carbocycles. The first kappa shape index (κ1) is 14.4. The summed E-state index contributed by atoms with van der Waals surface area (Å²) in [4.78, 5) is 21.5. The fourth-order valence-electron chi connectivity index (χ4n) is 1.10. The Bertz CT molecular complexity index is 460. The Morgan fingerprint density at radius 2 is 2.00 bits per heavy atom. The molecule has 16 heavy (non-hydrogen) atoms. The zero-order valence-electron chi connectivity index (χ0n) is 7.95. The lowest BCUT2D eigenvalue weighted by molar-refractivity contribution is 0.0697. The summed E-state index contributed by atoms with van der Waals surface area (Å²) < 4.78 is 0. The molecular formula is C9H9Cl2N3O2. The SMILES string of the molecule is Cl.Cl.O=C(O)c1ccnc(-c2ncc[nH]2)c1. The van der Waals surface area contributed by atoms with E-state index in [4.69, 9.17) is 5.11 Å². The number of carbonyl (C=O) groups is 1. The maximum absolute atomic E-state index is 10.7. The number of aromatic nitrogens is 3. The first-order valence-corrected chi connectivity index (χ1v) is 3.96. The molecule has 0 saturated carbocycles. The normalized spacial score (nSPS) is 8.75. The monoisotopic (exact) mass is 261 g/mol. The van der Waals surface area contributed by atoms with Gasteiger partial charge in [0.2, 0.25) is 0 Å². The Kier molecular flexibility index (Phi) is 5.49. The molecule has 0 amide bonds. The lowest BCUT2D eigenvalue weighted by atomic mass is 10.2. The Hall–Kier alpha value is -1.59. The van der Waals surface area contributed by atoms with E-state index in [1.165, 1.54) is 18.3 Å². The third kappa shape index (κ3) is 2.95. The van der Waals surface area contributed by atoms with E-state index in [9.17, 15) is 4.79 Å². The Morgan fingerprint density at radius 3 is 2.56 bits per heavy atom. The first-order valence-electron chi connectivity index (χ1n) is 3.96. The summed E-state index contributed by atoms with van der Waals surface area (Å²) in [6.45, 7) is 0. The molecule has 0 unspecified atom stereocenters. The molecule has 5 nitrogen and oxygen atoms in total. The molecule has 2 rings (SSSR count). The molecule has 86 valence electrons. The van der Waals surface area contributed by atoms with Crippen molar-refractivity contribution >= 4 is 30.8 Å². The molecule has 0 fully saturated rings. The fraction of sp³-hybridized carbons (Fsp3) is 0. The van der Waals surface area contributed by atoms with Crippen LogP contribution in [0.4, 0.5) is 0 Å². The molecule has 7 heteroatoms. The third-order valence-corrected chi connectivity index (χ3v) is 1.75. The summed E-state index contributed by atoms with van der Waals surface area (Å²) in [5.41, 5.74) is 0.723.